The molecule has 3 rings (SSSR count). The summed E-state index contributed by atoms with van der Waals surface area (Å²) in [7, 11) is 0. The van der Waals surface area contributed by atoms with Crippen molar-refractivity contribution in [1.82, 2.24) is 4.90 Å². The van der Waals surface area contributed by atoms with Gasteiger partial charge in [0.15, 0.2) is 0 Å². The van der Waals surface area contributed by atoms with Gasteiger partial charge in [-0.15, -0.1) is 0 Å². The average Bonchev–Trinajstić information content (AvgIpc) is 2.70. The van der Waals surface area contributed by atoms with E-state index in [9.17, 15) is 19.8 Å². The van der Waals surface area contributed by atoms with Crippen LogP contribution in [0, 0.1) is 5.41 Å². The summed E-state index contributed by atoms with van der Waals surface area (Å²) < 4.78 is 0. The maximum absolute atomic E-state index is 13.1. The highest BCUT2D eigenvalue weighted by atomic mass is 16.4. The van der Waals surface area contributed by atoms with Gasteiger partial charge in [0.05, 0.1) is 6.10 Å². The second-order valence-corrected chi connectivity index (χ2v) is 7.94. The molecular weight excluding hydrogens is 354 g/mol. The zero-order valence-electron chi connectivity index (χ0n) is 16.3. The Hall–Kier alpha value is -2.66. The highest BCUT2D eigenvalue weighted by molar-refractivity contribution is 5.95. The van der Waals surface area contributed by atoms with Crippen LogP contribution < -0.4 is 0 Å². The van der Waals surface area contributed by atoms with Crippen LogP contribution in [0.15, 0.2) is 54.6 Å². The van der Waals surface area contributed by atoms with E-state index in [2.05, 4.69) is 13.8 Å². The van der Waals surface area contributed by atoms with Gasteiger partial charge in [-0.25, -0.2) is 0 Å². The summed E-state index contributed by atoms with van der Waals surface area (Å²) in [6, 6.07) is 16.7. The fourth-order valence-corrected chi connectivity index (χ4v) is 3.89. The number of aliphatic carboxylic acids is 1. The zero-order chi connectivity index (χ0) is 20.3. The van der Waals surface area contributed by atoms with Gasteiger partial charge in [0.25, 0.3) is 5.91 Å². The standard InChI is InChI=1S/C23H27NO4/c1-16(2)18-9-6-10-19(13-18)21(26)24-12-11-20(25)23(15-24,22(27)28)14-17-7-4-3-5-8-17/h3-10,13,16,20,25H,11-12,14-15H2,1-2H3,(H,27,28)/t20-,23-/m1/s1. The highest BCUT2D eigenvalue weighted by Gasteiger charge is 2.50. The zero-order valence-corrected chi connectivity index (χ0v) is 16.3. The molecule has 1 fully saturated rings. The first-order chi connectivity index (χ1) is 13.3. The maximum atomic E-state index is 13.1. The molecule has 1 amide bonds. The van der Waals surface area contributed by atoms with Gasteiger partial charge < -0.3 is 15.1 Å². The summed E-state index contributed by atoms with van der Waals surface area (Å²) in [5.74, 6) is -0.961. The number of hydrogen-bond acceptors (Lipinski definition) is 3. The minimum Gasteiger partial charge on any atom is -0.481 e. The van der Waals surface area contributed by atoms with Crippen LogP contribution in [-0.4, -0.2) is 46.2 Å². The Morgan fingerprint density at radius 3 is 2.50 bits per heavy atom. The lowest BCUT2D eigenvalue weighted by atomic mass is 9.72. The van der Waals surface area contributed by atoms with E-state index < -0.39 is 17.5 Å². The van der Waals surface area contributed by atoms with Crippen LogP contribution >= 0.6 is 0 Å². The van der Waals surface area contributed by atoms with E-state index in [1.807, 2.05) is 48.5 Å². The van der Waals surface area contributed by atoms with E-state index in [1.165, 1.54) is 0 Å². The summed E-state index contributed by atoms with van der Waals surface area (Å²) in [4.78, 5) is 26.9. The van der Waals surface area contributed by atoms with Crippen LogP contribution in [0.1, 0.15) is 47.7 Å². The van der Waals surface area contributed by atoms with Crippen molar-refractivity contribution in [3.63, 3.8) is 0 Å². The predicted molar refractivity (Wildman–Crippen MR) is 107 cm³/mol. The Morgan fingerprint density at radius 2 is 1.86 bits per heavy atom. The molecule has 0 unspecified atom stereocenters. The summed E-state index contributed by atoms with van der Waals surface area (Å²) >= 11 is 0. The molecule has 1 saturated heterocycles. The number of aliphatic hydroxyl groups excluding tert-OH is 1. The molecule has 2 aromatic rings. The molecule has 148 valence electrons. The Bertz CT molecular complexity index is 849. The van der Waals surface area contributed by atoms with Crippen LogP contribution in [0.25, 0.3) is 0 Å². The van der Waals surface area contributed by atoms with Crippen molar-refractivity contribution in [2.24, 2.45) is 5.41 Å². The van der Waals surface area contributed by atoms with Crippen molar-refractivity contribution in [2.75, 3.05) is 13.1 Å². The van der Waals surface area contributed by atoms with Gasteiger partial charge in [0.2, 0.25) is 0 Å². The Kier molecular flexibility index (Phi) is 5.84. The van der Waals surface area contributed by atoms with Crippen molar-refractivity contribution in [2.45, 2.75) is 38.7 Å². The van der Waals surface area contributed by atoms with Gasteiger partial charge in [-0.3, -0.25) is 9.59 Å². The molecule has 0 spiro atoms. The number of hydrogen-bond donors (Lipinski definition) is 2. The van der Waals surface area contributed by atoms with E-state index in [1.54, 1.807) is 11.0 Å². The normalized spacial score (nSPS) is 22.3. The molecule has 1 aliphatic heterocycles. The monoisotopic (exact) mass is 381 g/mol. The molecule has 2 N–H and O–H groups in total. The van der Waals surface area contributed by atoms with Crippen molar-refractivity contribution >= 4 is 11.9 Å². The summed E-state index contributed by atoms with van der Waals surface area (Å²) in [6.45, 7) is 4.46. The number of amides is 1. The number of aliphatic hydroxyl groups is 1. The number of carbonyl (C=O) groups excluding carboxylic acids is 1. The summed E-state index contributed by atoms with van der Waals surface area (Å²) in [5.41, 5.74) is 1.04. The Balaban J connectivity index is 1.89. The topological polar surface area (TPSA) is 77.8 Å². The highest BCUT2D eigenvalue weighted by Crippen LogP contribution is 2.35. The fraction of sp³-hybridized carbons (Fsp3) is 0.391. The first kappa shape index (κ1) is 20.1. The van der Waals surface area contributed by atoms with Crippen LogP contribution in [-0.2, 0) is 11.2 Å². The lowest BCUT2D eigenvalue weighted by Gasteiger charge is -2.43. The molecule has 28 heavy (non-hydrogen) atoms. The van der Waals surface area contributed by atoms with Gasteiger partial charge in [-0.05, 0) is 42.0 Å². The first-order valence-electron chi connectivity index (χ1n) is 9.68. The molecule has 0 bridgehead atoms. The van der Waals surface area contributed by atoms with E-state index >= 15 is 0 Å². The lowest BCUT2D eigenvalue weighted by Crippen LogP contribution is -2.58. The minimum atomic E-state index is -1.41. The van der Waals surface area contributed by atoms with E-state index in [0.717, 1.165) is 11.1 Å². The average molecular weight is 381 g/mol. The lowest BCUT2D eigenvalue weighted by molar-refractivity contribution is -0.161. The second-order valence-electron chi connectivity index (χ2n) is 7.94. The van der Waals surface area contributed by atoms with Crippen LogP contribution in [0.4, 0.5) is 0 Å². The number of rotatable bonds is 5. The Labute approximate surface area is 165 Å². The summed E-state index contributed by atoms with van der Waals surface area (Å²) in [5, 5.41) is 20.6. The van der Waals surface area contributed by atoms with E-state index in [-0.39, 0.29) is 25.3 Å². The third-order valence-corrected chi connectivity index (χ3v) is 5.66. The molecule has 5 heteroatoms. The van der Waals surface area contributed by atoms with Crippen LogP contribution in [0.5, 0.6) is 0 Å². The molecule has 2 aromatic carbocycles. The molecule has 0 aliphatic carbocycles. The summed E-state index contributed by atoms with van der Waals surface area (Å²) in [6.07, 6.45) is -0.578. The third-order valence-electron chi connectivity index (χ3n) is 5.66. The quantitative estimate of drug-likeness (QED) is 0.833. The van der Waals surface area contributed by atoms with Gasteiger partial charge in [0, 0.05) is 18.7 Å². The number of carbonyl (C=O) groups is 2. The van der Waals surface area contributed by atoms with Crippen molar-refractivity contribution in [3.8, 4) is 0 Å². The Morgan fingerprint density at radius 1 is 1.14 bits per heavy atom. The first-order valence-corrected chi connectivity index (χ1v) is 9.68. The number of carboxylic acid groups (broad SMARTS) is 1. The number of likely N-dealkylation sites (tertiary alicyclic amines) is 1. The molecule has 0 aromatic heterocycles. The van der Waals surface area contributed by atoms with Gasteiger partial charge >= 0.3 is 5.97 Å². The maximum Gasteiger partial charge on any atom is 0.314 e. The van der Waals surface area contributed by atoms with Crippen LogP contribution in [0.2, 0.25) is 0 Å². The number of piperidine rings is 1. The fourth-order valence-electron chi connectivity index (χ4n) is 3.89. The molecular formula is C23H27NO4. The van der Waals surface area contributed by atoms with Crippen molar-refractivity contribution in [1.29, 1.82) is 0 Å². The number of carboxylic acids is 1. The largest absolute Gasteiger partial charge is 0.481 e. The molecule has 1 aliphatic rings. The number of benzene rings is 2. The SMILES string of the molecule is CC(C)c1cccc(C(=O)N2CC[C@@H](O)[C@](Cc3ccccc3)(C(=O)O)C2)c1. The van der Waals surface area contributed by atoms with Crippen molar-refractivity contribution in [3.05, 3.63) is 71.3 Å². The van der Waals surface area contributed by atoms with E-state index in [0.29, 0.717) is 18.0 Å². The van der Waals surface area contributed by atoms with Crippen molar-refractivity contribution < 1.29 is 19.8 Å². The number of nitrogens with zero attached hydrogens (tertiary/aromatic N) is 1. The molecule has 1 heterocycles. The molecule has 5 nitrogen and oxygen atoms in total. The molecule has 0 radical (unpaired) electrons. The molecule has 2 atom stereocenters. The van der Waals surface area contributed by atoms with Gasteiger partial charge in [-0.1, -0.05) is 56.3 Å². The predicted octanol–water partition coefficient (Wildman–Crippen LogP) is 3.33. The minimum absolute atomic E-state index is 0.0108. The van der Waals surface area contributed by atoms with Crippen LogP contribution in [0.3, 0.4) is 0 Å². The van der Waals surface area contributed by atoms with Gasteiger partial charge in [0.1, 0.15) is 5.41 Å². The molecule has 0 saturated carbocycles. The second kappa shape index (κ2) is 8.15. The van der Waals surface area contributed by atoms with Gasteiger partial charge in [-0.2, -0.15) is 0 Å². The third kappa shape index (κ3) is 3.94. The van der Waals surface area contributed by atoms with E-state index in [4.69, 9.17) is 0 Å². The smallest absolute Gasteiger partial charge is 0.314 e.